The van der Waals surface area contributed by atoms with E-state index >= 15 is 0 Å². The number of hydrogen-bond donors (Lipinski definition) is 1. The summed E-state index contributed by atoms with van der Waals surface area (Å²) < 4.78 is 27.5. The molecular weight excluding hydrogens is 382 g/mol. The van der Waals surface area contributed by atoms with Crippen LogP contribution in [0.5, 0.6) is 0 Å². The number of halogens is 2. The summed E-state index contributed by atoms with van der Waals surface area (Å²) in [5, 5.41) is 2.42. The molecule has 4 nitrogen and oxygen atoms in total. The number of nitrogens with zero attached hydrogens (tertiary/aromatic N) is 1. The topological polar surface area (TPSA) is 49.4 Å². The number of carbonyl (C=O) groups is 2. The van der Waals surface area contributed by atoms with Gasteiger partial charge in [0, 0.05) is 18.2 Å². The molecular formula is C21H22F2N2O2S. The zero-order valence-electron chi connectivity index (χ0n) is 16.0. The summed E-state index contributed by atoms with van der Waals surface area (Å²) in [6.07, 6.45) is 0.376. The molecule has 2 aromatic rings. The van der Waals surface area contributed by atoms with Crippen molar-refractivity contribution in [1.82, 2.24) is 0 Å². The van der Waals surface area contributed by atoms with Gasteiger partial charge in [0.15, 0.2) is 0 Å². The minimum atomic E-state index is -0.782. The number of thioether (sulfide) groups is 1. The fraction of sp³-hybridized carbons (Fsp3) is 0.333. The third-order valence-electron chi connectivity index (χ3n) is 4.18. The number of anilines is 2. The molecule has 0 aliphatic carbocycles. The van der Waals surface area contributed by atoms with Crippen LogP contribution >= 0.6 is 11.8 Å². The molecule has 0 radical (unpaired) electrons. The minimum absolute atomic E-state index is 0.0450. The molecule has 1 atom stereocenters. The molecule has 1 aliphatic rings. The van der Waals surface area contributed by atoms with Gasteiger partial charge in [0.1, 0.15) is 17.0 Å². The third-order valence-corrected chi connectivity index (χ3v) is 5.40. The van der Waals surface area contributed by atoms with Crippen LogP contribution in [0.15, 0.2) is 42.5 Å². The molecule has 0 aromatic heterocycles. The van der Waals surface area contributed by atoms with Crippen molar-refractivity contribution < 1.29 is 18.4 Å². The van der Waals surface area contributed by atoms with E-state index in [1.165, 1.54) is 22.7 Å². The second kappa shape index (κ2) is 7.91. The van der Waals surface area contributed by atoms with E-state index in [2.05, 4.69) is 5.32 Å². The zero-order chi connectivity index (χ0) is 20.5. The van der Waals surface area contributed by atoms with Crippen LogP contribution in [0, 0.1) is 17.0 Å². The van der Waals surface area contributed by atoms with Gasteiger partial charge in [-0.15, -0.1) is 11.8 Å². The predicted molar refractivity (Wildman–Crippen MR) is 108 cm³/mol. The molecule has 1 saturated heterocycles. The van der Waals surface area contributed by atoms with E-state index in [1.807, 2.05) is 26.8 Å². The van der Waals surface area contributed by atoms with Crippen LogP contribution in [-0.2, 0) is 9.59 Å². The molecule has 0 saturated carbocycles. The Kier molecular flexibility index (Phi) is 5.74. The van der Waals surface area contributed by atoms with Gasteiger partial charge in [-0.3, -0.25) is 14.5 Å². The van der Waals surface area contributed by atoms with Gasteiger partial charge in [0.25, 0.3) is 0 Å². The van der Waals surface area contributed by atoms with E-state index in [9.17, 15) is 18.4 Å². The Labute approximate surface area is 167 Å². The molecule has 0 bridgehead atoms. The van der Waals surface area contributed by atoms with Gasteiger partial charge < -0.3 is 5.32 Å². The minimum Gasteiger partial charge on any atom is -0.326 e. The normalized spacial score (nSPS) is 17.1. The highest BCUT2D eigenvalue weighted by atomic mass is 32.2. The van der Waals surface area contributed by atoms with Gasteiger partial charge in [0.05, 0.1) is 11.4 Å². The average Bonchev–Trinajstić information content (AvgIpc) is 2.95. The summed E-state index contributed by atoms with van der Waals surface area (Å²) in [6, 6.07) is 10.3. The van der Waals surface area contributed by atoms with Gasteiger partial charge >= 0.3 is 0 Å². The van der Waals surface area contributed by atoms with E-state index in [0.29, 0.717) is 12.1 Å². The first-order valence-electron chi connectivity index (χ1n) is 8.92. The Bertz CT molecular complexity index is 912. The molecule has 1 heterocycles. The summed E-state index contributed by atoms with van der Waals surface area (Å²) in [5.41, 5.74) is 1.29. The maximum atomic E-state index is 14.3. The van der Waals surface area contributed by atoms with Gasteiger partial charge in [-0.25, -0.2) is 8.78 Å². The fourth-order valence-corrected chi connectivity index (χ4v) is 4.22. The molecule has 2 aromatic carbocycles. The monoisotopic (exact) mass is 404 g/mol. The van der Waals surface area contributed by atoms with Gasteiger partial charge in [0.2, 0.25) is 11.8 Å². The second-order valence-corrected chi connectivity index (χ2v) is 9.00. The van der Waals surface area contributed by atoms with Crippen LogP contribution in [0.25, 0.3) is 0 Å². The van der Waals surface area contributed by atoms with E-state index < -0.39 is 17.0 Å². The first kappa shape index (κ1) is 20.3. The van der Waals surface area contributed by atoms with Crippen molar-refractivity contribution in [1.29, 1.82) is 0 Å². The highest BCUT2D eigenvalue weighted by Crippen LogP contribution is 2.43. The Morgan fingerprint density at radius 1 is 1.21 bits per heavy atom. The molecule has 0 spiro atoms. The average molecular weight is 404 g/mol. The number of carbonyl (C=O) groups excluding carboxylic acids is 2. The molecule has 7 heteroatoms. The van der Waals surface area contributed by atoms with Gasteiger partial charge in [-0.1, -0.05) is 32.9 Å². The van der Waals surface area contributed by atoms with E-state index in [-0.39, 0.29) is 28.7 Å². The van der Waals surface area contributed by atoms with Crippen LogP contribution in [-0.4, -0.2) is 17.6 Å². The molecule has 2 amide bonds. The SMILES string of the molecule is CC(C)(C)CC(=O)Nc1cccc([C@H]2SCC(=O)N2c2ccc(F)cc2F)c1. The van der Waals surface area contributed by atoms with Crippen molar-refractivity contribution >= 4 is 35.0 Å². The van der Waals surface area contributed by atoms with Gasteiger partial charge in [-0.05, 0) is 35.2 Å². The maximum Gasteiger partial charge on any atom is 0.238 e. The molecule has 1 fully saturated rings. The van der Waals surface area contributed by atoms with Crippen LogP contribution < -0.4 is 10.2 Å². The smallest absolute Gasteiger partial charge is 0.238 e. The Morgan fingerprint density at radius 2 is 1.96 bits per heavy atom. The van der Waals surface area contributed by atoms with Crippen molar-refractivity contribution in [3.8, 4) is 0 Å². The lowest BCUT2D eigenvalue weighted by molar-refractivity contribution is -0.118. The lowest BCUT2D eigenvalue weighted by atomic mass is 9.92. The van der Waals surface area contributed by atoms with Crippen molar-refractivity contribution in [2.75, 3.05) is 16.0 Å². The molecule has 28 heavy (non-hydrogen) atoms. The van der Waals surface area contributed by atoms with Crippen molar-refractivity contribution in [3.05, 3.63) is 59.7 Å². The van der Waals surface area contributed by atoms with E-state index in [1.54, 1.807) is 18.2 Å². The van der Waals surface area contributed by atoms with E-state index in [0.717, 1.165) is 17.7 Å². The van der Waals surface area contributed by atoms with Gasteiger partial charge in [-0.2, -0.15) is 0 Å². The fourth-order valence-electron chi connectivity index (χ4n) is 3.06. The molecule has 1 aliphatic heterocycles. The molecule has 3 rings (SSSR count). The molecule has 148 valence electrons. The maximum absolute atomic E-state index is 14.3. The molecule has 1 N–H and O–H groups in total. The predicted octanol–water partition coefficient (Wildman–Crippen LogP) is 5.12. The number of nitrogens with one attached hydrogen (secondary N) is 1. The number of amides is 2. The second-order valence-electron chi connectivity index (χ2n) is 7.93. The number of hydrogen-bond acceptors (Lipinski definition) is 3. The summed E-state index contributed by atoms with van der Waals surface area (Å²) in [5.74, 6) is -1.62. The van der Waals surface area contributed by atoms with Crippen LogP contribution in [0.1, 0.15) is 38.1 Å². The summed E-state index contributed by atoms with van der Waals surface area (Å²) in [7, 11) is 0. The Morgan fingerprint density at radius 3 is 2.64 bits per heavy atom. The Hall–Kier alpha value is -2.41. The highest BCUT2D eigenvalue weighted by Gasteiger charge is 2.35. The quantitative estimate of drug-likeness (QED) is 0.770. The number of benzene rings is 2. The van der Waals surface area contributed by atoms with Crippen LogP contribution in [0.4, 0.5) is 20.2 Å². The first-order valence-corrected chi connectivity index (χ1v) is 9.97. The summed E-state index contributed by atoms with van der Waals surface area (Å²) in [6.45, 7) is 5.96. The third kappa shape index (κ3) is 4.70. The first-order chi connectivity index (χ1) is 13.1. The Balaban J connectivity index is 1.86. The zero-order valence-corrected chi connectivity index (χ0v) is 16.8. The van der Waals surface area contributed by atoms with Crippen LogP contribution in [0.3, 0.4) is 0 Å². The van der Waals surface area contributed by atoms with E-state index in [4.69, 9.17) is 0 Å². The summed E-state index contributed by atoms with van der Waals surface area (Å²) >= 11 is 1.36. The summed E-state index contributed by atoms with van der Waals surface area (Å²) in [4.78, 5) is 25.9. The standard InChI is InChI=1S/C21H22F2N2O2S/c1-21(2,3)11-18(26)24-15-6-4-5-13(9-15)20-25(19(27)12-28-20)17-8-7-14(22)10-16(17)23/h4-10,20H,11-12H2,1-3H3,(H,24,26)/t20-/m1/s1. The molecule has 0 unspecified atom stereocenters. The largest absolute Gasteiger partial charge is 0.326 e. The highest BCUT2D eigenvalue weighted by molar-refractivity contribution is 8.00. The number of rotatable bonds is 4. The van der Waals surface area contributed by atoms with Crippen molar-refractivity contribution in [2.24, 2.45) is 5.41 Å². The lowest BCUT2D eigenvalue weighted by Gasteiger charge is -2.25. The van der Waals surface area contributed by atoms with Crippen LogP contribution in [0.2, 0.25) is 0 Å². The van der Waals surface area contributed by atoms with Crippen molar-refractivity contribution in [2.45, 2.75) is 32.6 Å². The lowest BCUT2D eigenvalue weighted by Crippen LogP contribution is -2.28. The van der Waals surface area contributed by atoms with Crippen molar-refractivity contribution in [3.63, 3.8) is 0 Å².